The lowest BCUT2D eigenvalue weighted by Crippen LogP contribution is -2.22. The highest BCUT2D eigenvalue weighted by Gasteiger charge is 2.25. The van der Waals surface area contributed by atoms with E-state index in [1.165, 1.54) is 6.08 Å². The van der Waals surface area contributed by atoms with Crippen LogP contribution >= 0.6 is 15.9 Å². The zero-order chi connectivity index (χ0) is 21.5. The number of benzene rings is 1. The van der Waals surface area contributed by atoms with Crippen molar-refractivity contribution in [1.82, 2.24) is 25.2 Å². The second-order valence-electron chi connectivity index (χ2n) is 7.18. The van der Waals surface area contributed by atoms with Crippen molar-refractivity contribution in [3.63, 3.8) is 0 Å². The van der Waals surface area contributed by atoms with E-state index in [2.05, 4.69) is 53.3 Å². The maximum atomic E-state index is 11.9. The van der Waals surface area contributed by atoms with E-state index in [-0.39, 0.29) is 5.70 Å². The number of carbonyl (C=O) groups is 2. The highest BCUT2D eigenvalue weighted by atomic mass is 79.9. The molecule has 0 atom stereocenters. The van der Waals surface area contributed by atoms with Gasteiger partial charge in [0.2, 0.25) is 0 Å². The van der Waals surface area contributed by atoms with Gasteiger partial charge in [0.25, 0.3) is 5.91 Å². The number of halogens is 1. The molecule has 3 heterocycles. The summed E-state index contributed by atoms with van der Waals surface area (Å²) >= 11 is 3.47. The first-order valence-electron chi connectivity index (χ1n) is 9.46. The third-order valence-electron chi connectivity index (χ3n) is 4.81. The summed E-state index contributed by atoms with van der Waals surface area (Å²) in [5.74, 6) is 0.807. The first-order valence-corrected chi connectivity index (χ1v) is 10.3. The fourth-order valence-corrected chi connectivity index (χ4v) is 3.63. The number of anilines is 3. The van der Waals surface area contributed by atoms with Gasteiger partial charge < -0.3 is 16.0 Å². The van der Waals surface area contributed by atoms with Crippen LogP contribution in [-0.2, 0) is 4.79 Å². The van der Waals surface area contributed by atoms with Gasteiger partial charge in [0.15, 0.2) is 5.65 Å². The molecular formula is C20H15BrN8O2. The average Bonchev–Trinajstić information content (AvgIpc) is 3.38. The lowest BCUT2D eigenvalue weighted by molar-refractivity contribution is -0.115. The van der Waals surface area contributed by atoms with Crippen LogP contribution in [0.1, 0.15) is 24.0 Å². The van der Waals surface area contributed by atoms with E-state index in [0.717, 1.165) is 28.8 Å². The first-order chi connectivity index (χ1) is 15.0. The summed E-state index contributed by atoms with van der Waals surface area (Å²) in [6, 6.07) is 9.00. The van der Waals surface area contributed by atoms with Crippen LogP contribution in [0.4, 0.5) is 22.1 Å². The van der Waals surface area contributed by atoms with Gasteiger partial charge in [-0.05, 0) is 53.0 Å². The molecule has 2 fully saturated rings. The Morgan fingerprint density at radius 1 is 1.26 bits per heavy atom. The molecule has 1 saturated heterocycles. The maximum absolute atomic E-state index is 11.9. The van der Waals surface area contributed by atoms with Crippen LogP contribution in [0.25, 0.3) is 11.7 Å². The molecule has 3 amide bonds. The van der Waals surface area contributed by atoms with Crippen molar-refractivity contribution in [1.29, 1.82) is 5.26 Å². The van der Waals surface area contributed by atoms with Gasteiger partial charge >= 0.3 is 6.03 Å². The molecule has 11 heteroatoms. The first kappa shape index (κ1) is 19.1. The zero-order valence-electron chi connectivity index (χ0n) is 15.9. The number of hydrogen-bond donors (Lipinski definition) is 4. The summed E-state index contributed by atoms with van der Waals surface area (Å²) < 4.78 is 2.39. The number of carbonyl (C=O) groups excluding carboxylic acids is 2. The van der Waals surface area contributed by atoms with Gasteiger partial charge in [-0.25, -0.2) is 9.78 Å². The smallest absolute Gasteiger partial charge is 0.326 e. The van der Waals surface area contributed by atoms with Crippen LogP contribution in [-0.4, -0.2) is 32.6 Å². The van der Waals surface area contributed by atoms with Gasteiger partial charge in [0.05, 0.1) is 23.5 Å². The molecule has 154 valence electrons. The highest BCUT2D eigenvalue weighted by Crippen LogP contribution is 2.30. The van der Waals surface area contributed by atoms with E-state index in [9.17, 15) is 9.59 Å². The normalized spacial score (nSPS) is 16.8. The maximum Gasteiger partial charge on any atom is 0.326 e. The van der Waals surface area contributed by atoms with Crippen LogP contribution in [0, 0.1) is 11.3 Å². The molecule has 4 N–H and O–H groups in total. The molecule has 1 saturated carbocycles. The molecule has 1 aliphatic heterocycles. The Morgan fingerprint density at radius 2 is 2.10 bits per heavy atom. The molecule has 0 spiro atoms. The molecule has 2 aliphatic rings. The van der Waals surface area contributed by atoms with Crippen LogP contribution in [0.3, 0.4) is 0 Å². The van der Waals surface area contributed by atoms with E-state index in [1.807, 2.05) is 6.07 Å². The van der Waals surface area contributed by atoms with Crippen molar-refractivity contribution in [2.75, 3.05) is 10.6 Å². The zero-order valence-corrected chi connectivity index (χ0v) is 17.5. The largest absolute Gasteiger partial charge is 0.367 e. The van der Waals surface area contributed by atoms with Crippen molar-refractivity contribution in [2.24, 2.45) is 0 Å². The predicted molar refractivity (Wildman–Crippen MR) is 116 cm³/mol. The second kappa shape index (κ2) is 7.41. The van der Waals surface area contributed by atoms with Gasteiger partial charge in [-0.3, -0.25) is 10.1 Å². The molecule has 0 radical (unpaired) electrons. The summed E-state index contributed by atoms with van der Waals surface area (Å²) in [5, 5.41) is 24.8. The Labute approximate surface area is 184 Å². The SMILES string of the molecule is N#Cc1ccc(Nc2cc(NC3CC3)n3ncc(/C=C4\NC(=O)NC4=O)c3n2)c(Br)c1. The molecule has 1 aromatic carbocycles. The van der Waals surface area contributed by atoms with Gasteiger partial charge in [-0.15, -0.1) is 0 Å². The summed E-state index contributed by atoms with van der Waals surface area (Å²) in [7, 11) is 0. The number of imide groups is 1. The third-order valence-corrected chi connectivity index (χ3v) is 5.47. The van der Waals surface area contributed by atoms with Crippen LogP contribution in [0.15, 0.2) is 40.6 Å². The van der Waals surface area contributed by atoms with E-state index < -0.39 is 11.9 Å². The molecule has 2 aromatic heterocycles. The molecular weight excluding hydrogens is 464 g/mol. The lowest BCUT2D eigenvalue weighted by Gasteiger charge is -2.12. The van der Waals surface area contributed by atoms with E-state index in [1.54, 1.807) is 28.9 Å². The topological polar surface area (TPSA) is 136 Å². The highest BCUT2D eigenvalue weighted by molar-refractivity contribution is 9.10. The number of aromatic nitrogens is 3. The number of nitrogens with one attached hydrogen (secondary N) is 4. The van der Waals surface area contributed by atoms with Crippen LogP contribution in [0.5, 0.6) is 0 Å². The summed E-state index contributed by atoms with van der Waals surface area (Å²) in [6.45, 7) is 0. The number of nitriles is 1. The van der Waals surface area contributed by atoms with Crippen LogP contribution < -0.4 is 21.3 Å². The number of amides is 3. The molecule has 3 aromatic rings. The van der Waals surface area contributed by atoms with Crippen molar-refractivity contribution in [3.8, 4) is 6.07 Å². The van der Waals surface area contributed by atoms with Crippen molar-refractivity contribution < 1.29 is 9.59 Å². The van der Waals surface area contributed by atoms with Gasteiger partial charge in [0, 0.05) is 22.1 Å². The van der Waals surface area contributed by atoms with E-state index in [0.29, 0.717) is 28.6 Å². The Morgan fingerprint density at radius 3 is 2.77 bits per heavy atom. The standard InChI is InChI=1S/C20H15BrN8O2/c21-13-5-10(8-22)1-4-14(13)25-16-7-17(24-12-2-3-12)29-18(27-16)11(9-23-29)6-15-19(30)28-20(31)26-15/h1,4-7,9,12,24H,2-3H2,(H,25,27)(H2,26,28,30,31)/b15-6-. The average molecular weight is 479 g/mol. The minimum Gasteiger partial charge on any atom is -0.367 e. The quantitative estimate of drug-likeness (QED) is 0.326. The fraction of sp³-hybridized carbons (Fsp3) is 0.150. The number of hydrogen-bond acceptors (Lipinski definition) is 7. The minimum atomic E-state index is -0.565. The second-order valence-corrected chi connectivity index (χ2v) is 8.03. The molecule has 10 nitrogen and oxygen atoms in total. The van der Waals surface area contributed by atoms with Gasteiger partial charge in [-0.2, -0.15) is 14.9 Å². The molecule has 5 rings (SSSR count). The monoisotopic (exact) mass is 478 g/mol. The Kier molecular flexibility index (Phi) is 4.56. The van der Waals surface area contributed by atoms with Crippen molar-refractivity contribution in [3.05, 3.63) is 51.8 Å². The Balaban J connectivity index is 1.57. The number of urea groups is 1. The predicted octanol–water partition coefficient (Wildman–Crippen LogP) is 2.86. The number of nitrogens with zero attached hydrogens (tertiary/aromatic N) is 4. The molecule has 0 bridgehead atoms. The number of rotatable bonds is 5. The summed E-state index contributed by atoms with van der Waals surface area (Å²) in [6.07, 6.45) is 5.29. The summed E-state index contributed by atoms with van der Waals surface area (Å²) in [4.78, 5) is 28.0. The molecule has 31 heavy (non-hydrogen) atoms. The number of fused-ring (bicyclic) bond motifs is 1. The van der Waals surface area contributed by atoms with Gasteiger partial charge in [-0.1, -0.05) is 0 Å². The Bertz CT molecular complexity index is 1320. The van der Waals surface area contributed by atoms with E-state index >= 15 is 0 Å². The lowest BCUT2D eigenvalue weighted by atomic mass is 10.2. The van der Waals surface area contributed by atoms with Crippen LogP contribution in [0.2, 0.25) is 0 Å². The van der Waals surface area contributed by atoms with Crippen molar-refractivity contribution >= 4 is 56.9 Å². The van der Waals surface area contributed by atoms with Crippen molar-refractivity contribution in [2.45, 2.75) is 18.9 Å². The minimum absolute atomic E-state index is 0.131. The molecule has 0 unspecified atom stereocenters. The third kappa shape index (κ3) is 3.80. The Hall–Kier alpha value is -3.91. The van der Waals surface area contributed by atoms with Gasteiger partial charge in [0.1, 0.15) is 17.3 Å². The fourth-order valence-electron chi connectivity index (χ4n) is 3.15. The van der Waals surface area contributed by atoms with E-state index in [4.69, 9.17) is 5.26 Å². The summed E-state index contributed by atoms with van der Waals surface area (Å²) in [5.41, 5.74) is 2.51. The molecule has 1 aliphatic carbocycles.